The Morgan fingerprint density at radius 1 is 1.17 bits per heavy atom. The third kappa shape index (κ3) is 3.20. The molecule has 2 aromatic rings. The molecule has 126 valence electrons. The van der Waals surface area contributed by atoms with E-state index >= 15 is 0 Å². The summed E-state index contributed by atoms with van der Waals surface area (Å²) in [5, 5.41) is 7.07. The van der Waals surface area contributed by atoms with Gasteiger partial charge >= 0.3 is 0 Å². The predicted octanol–water partition coefficient (Wildman–Crippen LogP) is 1.75. The lowest BCUT2D eigenvalue weighted by atomic mass is 10.0. The molecular formula is C18H22N4O2. The molecule has 1 aromatic heterocycles. The van der Waals surface area contributed by atoms with Crippen molar-refractivity contribution in [2.75, 3.05) is 31.5 Å². The fourth-order valence-electron chi connectivity index (χ4n) is 3.63. The van der Waals surface area contributed by atoms with E-state index < -0.39 is 0 Å². The van der Waals surface area contributed by atoms with Gasteiger partial charge in [0.25, 0.3) is 0 Å². The van der Waals surface area contributed by atoms with E-state index in [4.69, 9.17) is 4.52 Å². The Balaban J connectivity index is 1.36. The predicted molar refractivity (Wildman–Crippen MR) is 90.5 cm³/mol. The molecule has 0 bridgehead atoms. The van der Waals surface area contributed by atoms with E-state index in [1.165, 1.54) is 5.56 Å². The molecule has 0 aliphatic carbocycles. The zero-order chi connectivity index (χ0) is 16.4. The first-order chi connectivity index (χ1) is 11.8. The number of amides is 1. The minimum Gasteiger partial charge on any atom is -0.364 e. The number of hydrogen-bond acceptors (Lipinski definition) is 5. The molecule has 6 nitrogen and oxygen atoms in total. The number of nitrogens with zero attached hydrogens (tertiary/aromatic N) is 3. The second-order valence-electron chi connectivity index (χ2n) is 6.50. The molecule has 24 heavy (non-hydrogen) atoms. The first-order valence-corrected chi connectivity index (χ1v) is 8.54. The maximum absolute atomic E-state index is 12.6. The SMILES string of the molecule is O=C1Nc2ccccc2CC[C@H]1N1CCN(Cc2ccon2)CC1. The van der Waals surface area contributed by atoms with E-state index in [1.54, 1.807) is 6.26 Å². The van der Waals surface area contributed by atoms with Crippen LogP contribution in [-0.4, -0.2) is 53.1 Å². The topological polar surface area (TPSA) is 61.6 Å². The number of nitrogens with one attached hydrogen (secondary N) is 1. The normalized spacial score (nSPS) is 22.7. The van der Waals surface area contributed by atoms with Gasteiger partial charge in [-0.05, 0) is 24.5 Å². The fourth-order valence-corrected chi connectivity index (χ4v) is 3.63. The van der Waals surface area contributed by atoms with Gasteiger partial charge in [-0.25, -0.2) is 0 Å². The monoisotopic (exact) mass is 326 g/mol. The summed E-state index contributed by atoms with van der Waals surface area (Å²) in [7, 11) is 0. The number of carbonyl (C=O) groups is 1. The van der Waals surface area contributed by atoms with Gasteiger partial charge in [0.15, 0.2) is 0 Å². The number of anilines is 1. The molecule has 0 spiro atoms. The summed E-state index contributed by atoms with van der Waals surface area (Å²) < 4.78 is 4.89. The molecule has 2 aliphatic rings. The van der Waals surface area contributed by atoms with E-state index in [0.717, 1.165) is 56.9 Å². The summed E-state index contributed by atoms with van der Waals surface area (Å²) >= 11 is 0. The van der Waals surface area contributed by atoms with Crippen molar-refractivity contribution < 1.29 is 9.32 Å². The van der Waals surface area contributed by atoms with Crippen molar-refractivity contribution in [1.29, 1.82) is 0 Å². The van der Waals surface area contributed by atoms with Crippen molar-refractivity contribution in [3.63, 3.8) is 0 Å². The van der Waals surface area contributed by atoms with Crippen molar-refractivity contribution in [1.82, 2.24) is 15.0 Å². The van der Waals surface area contributed by atoms with Crippen LogP contribution in [0.15, 0.2) is 41.1 Å². The number of para-hydroxylation sites is 1. The highest BCUT2D eigenvalue weighted by atomic mass is 16.5. The second-order valence-corrected chi connectivity index (χ2v) is 6.50. The van der Waals surface area contributed by atoms with E-state index in [9.17, 15) is 4.79 Å². The minimum atomic E-state index is -0.0356. The molecule has 0 radical (unpaired) electrons. The van der Waals surface area contributed by atoms with Crippen LogP contribution in [0.4, 0.5) is 5.69 Å². The molecule has 1 saturated heterocycles. The Morgan fingerprint density at radius 3 is 2.79 bits per heavy atom. The average molecular weight is 326 g/mol. The lowest BCUT2D eigenvalue weighted by molar-refractivity contribution is -0.122. The molecule has 6 heteroatoms. The summed E-state index contributed by atoms with van der Waals surface area (Å²) in [4.78, 5) is 17.3. The van der Waals surface area contributed by atoms with E-state index in [2.05, 4.69) is 26.3 Å². The molecule has 1 atom stereocenters. The smallest absolute Gasteiger partial charge is 0.241 e. The summed E-state index contributed by atoms with van der Waals surface area (Å²) in [6.45, 7) is 4.53. The highest BCUT2D eigenvalue weighted by molar-refractivity contribution is 5.96. The number of fused-ring (bicyclic) bond motifs is 1. The van der Waals surface area contributed by atoms with Gasteiger partial charge in [-0.1, -0.05) is 23.4 Å². The molecule has 1 N–H and O–H groups in total. The van der Waals surface area contributed by atoms with Crippen molar-refractivity contribution >= 4 is 11.6 Å². The molecule has 2 aliphatic heterocycles. The van der Waals surface area contributed by atoms with Crippen LogP contribution in [0, 0.1) is 0 Å². The molecule has 0 unspecified atom stereocenters. The van der Waals surface area contributed by atoms with Crippen molar-refractivity contribution in [2.24, 2.45) is 0 Å². The molecule has 3 heterocycles. The number of aryl methyl sites for hydroxylation is 1. The van der Waals surface area contributed by atoms with Crippen LogP contribution < -0.4 is 5.32 Å². The molecular weight excluding hydrogens is 304 g/mol. The van der Waals surface area contributed by atoms with Crippen LogP contribution in [-0.2, 0) is 17.8 Å². The zero-order valence-electron chi connectivity index (χ0n) is 13.6. The first kappa shape index (κ1) is 15.4. The Kier molecular flexibility index (Phi) is 4.32. The number of carbonyl (C=O) groups excluding carboxylic acids is 1. The Labute approximate surface area is 141 Å². The maximum atomic E-state index is 12.6. The van der Waals surface area contributed by atoms with Crippen molar-refractivity contribution in [3.8, 4) is 0 Å². The van der Waals surface area contributed by atoms with Crippen LogP contribution in [0.1, 0.15) is 17.7 Å². The van der Waals surface area contributed by atoms with Gasteiger partial charge in [-0.2, -0.15) is 0 Å². The van der Waals surface area contributed by atoms with Crippen LogP contribution >= 0.6 is 0 Å². The number of hydrogen-bond donors (Lipinski definition) is 1. The van der Waals surface area contributed by atoms with Crippen LogP contribution in [0.5, 0.6) is 0 Å². The third-order valence-corrected chi connectivity index (χ3v) is 4.99. The Bertz CT molecular complexity index is 693. The lowest BCUT2D eigenvalue weighted by Crippen LogP contribution is -2.53. The standard InChI is InChI=1S/C18H22N4O2/c23-18-17(6-5-14-3-1-2-4-16(14)19-18)22-10-8-21(9-11-22)13-15-7-12-24-20-15/h1-4,7,12,17H,5-6,8-11,13H2,(H,19,23)/t17-/m1/s1. The van der Waals surface area contributed by atoms with Gasteiger partial charge in [0, 0.05) is 44.5 Å². The number of benzene rings is 1. The van der Waals surface area contributed by atoms with Crippen LogP contribution in [0.3, 0.4) is 0 Å². The fraction of sp³-hybridized carbons (Fsp3) is 0.444. The third-order valence-electron chi connectivity index (χ3n) is 4.99. The summed E-state index contributed by atoms with van der Waals surface area (Å²) in [6, 6.07) is 9.98. The largest absolute Gasteiger partial charge is 0.364 e. The zero-order valence-corrected chi connectivity index (χ0v) is 13.6. The summed E-state index contributed by atoms with van der Waals surface area (Å²) in [5.74, 6) is 0.130. The molecule has 0 saturated carbocycles. The lowest BCUT2D eigenvalue weighted by Gasteiger charge is -2.37. The summed E-state index contributed by atoms with van der Waals surface area (Å²) in [6.07, 6.45) is 3.43. The molecule has 4 rings (SSSR count). The van der Waals surface area contributed by atoms with Crippen LogP contribution in [0.2, 0.25) is 0 Å². The maximum Gasteiger partial charge on any atom is 0.241 e. The van der Waals surface area contributed by atoms with E-state index in [0.29, 0.717) is 0 Å². The van der Waals surface area contributed by atoms with E-state index in [-0.39, 0.29) is 11.9 Å². The van der Waals surface area contributed by atoms with Gasteiger partial charge in [0.05, 0.1) is 11.7 Å². The number of rotatable bonds is 3. The second kappa shape index (κ2) is 6.75. The average Bonchev–Trinajstić information content (AvgIpc) is 3.04. The van der Waals surface area contributed by atoms with Gasteiger partial charge < -0.3 is 9.84 Å². The highest BCUT2D eigenvalue weighted by Gasteiger charge is 2.31. The van der Waals surface area contributed by atoms with Crippen molar-refractivity contribution in [3.05, 3.63) is 47.9 Å². The molecule has 1 fully saturated rings. The highest BCUT2D eigenvalue weighted by Crippen LogP contribution is 2.24. The summed E-state index contributed by atoms with van der Waals surface area (Å²) in [5.41, 5.74) is 3.17. The molecule has 1 amide bonds. The Hall–Kier alpha value is -2.18. The van der Waals surface area contributed by atoms with Gasteiger partial charge in [0.1, 0.15) is 6.26 Å². The van der Waals surface area contributed by atoms with Gasteiger partial charge in [0.2, 0.25) is 5.91 Å². The van der Waals surface area contributed by atoms with E-state index in [1.807, 2.05) is 24.3 Å². The van der Waals surface area contributed by atoms with Gasteiger partial charge in [-0.15, -0.1) is 0 Å². The first-order valence-electron chi connectivity index (χ1n) is 8.54. The van der Waals surface area contributed by atoms with Gasteiger partial charge in [-0.3, -0.25) is 14.6 Å². The number of piperazine rings is 1. The van der Waals surface area contributed by atoms with Crippen LogP contribution in [0.25, 0.3) is 0 Å². The quantitative estimate of drug-likeness (QED) is 0.931. The van der Waals surface area contributed by atoms with Crippen molar-refractivity contribution in [2.45, 2.75) is 25.4 Å². The number of aromatic nitrogens is 1. The Morgan fingerprint density at radius 2 is 2.00 bits per heavy atom. The minimum absolute atomic E-state index is 0.0356. The molecule has 1 aromatic carbocycles.